The molecular weight excluding hydrogens is 280 g/mol. The van der Waals surface area contributed by atoms with Crippen molar-refractivity contribution in [2.45, 2.75) is 52.0 Å². The SMILES string of the molecule is CC(CCCN(C)C(C)(C)C)c1ccccc1-c1ccccn1. The van der Waals surface area contributed by atoms with Gasteiger partial charge in [0.2, 0.25) is 0 Å². The van der Waals surface area contributed by atoms with Crippen LogP contribution in [0.25, 0.3) is 11.3 Å². The molecule has 0 aliphatic rings. The van der Waals surface area contributed by atoms with Gasteiger partial charge in [0.05, 0.1) is 5.69 Å². The van der Waals surface area contributed by atoms with Crippen LogP contribution in [0.2, 0.25) is 0 Å². The van der Waals surface area contributed by atoms with Gasteiger partial charge in [-0.15, -0.1) is 0 Å². The molecule has 0 bridgehead atoms. The summed E-state index contributed by atoms with van der Waals surface area (Å²) in [4.78, 5) is 6.96. The number of rotatable bonds is 6. The van der Waals surface area contributed by atoms with E-state index in [0.717, 1.165) is 12.2 Å². The van der Waals surface area contributed by atoms with Gasteiger partial charge in [-0.3, -0.25) is 4.98 Å². The summed E-state index contributed by atoms with van der Waals surface area (Å²) in [5, 5.41) is 0. The molecule has 1 unspecified atom stereocenters. The molecule has 1 atom stereocenters. The highest BCUT2D eigenvalue weighted by Crippen LogP contribution is 2.30. The molecule has 1 aromatic heterocycles. The molecule has 2 aromatic rings. The van der Waals surface area contributed by atoms with Crippen LogP contribution in [0.4, 0.5) is 0 Å². The first kappa shape index (κ1) is 17.7. The largest absolute Gasteiger partial charge is 0.302 e. The fraction of sp³-hybridized carbons (Fsp3) is 0.476. The summed E-state index contributed by atoms with van der Waals surface area (Å²) in [6, 6.07) is 14.8. The molecule has 124 valence electrons. The zero-order valence-electron chi connectivity index (χ0n) is 15.2. The summed E-state index contributed by atoms with van der Waals surface area (Å²) in [6.07, 6.45) is 4.28. The van der Waals surface area contributed by atoms with Crippen molar-refractivity contribution in [2.75, 3.05) is 13.6 Å². The van der Waals surface area contributed by atoms with E-state index in [1.54, 1.807) is 0 Å². The molecule has 2 nitrogen and oxygen atoms in total. The Morgan fingerprint density at radius 2 is 1.74 bits per heavy atom. The van der Waals surface area contributed by atoms with Gasteiger partial charge < -0.3 is 4.90 Å². The molecular formula is C21H30N2. The van der Waals surface area contributed by atoms with Crippen LogP contribution >= 0.6 is 0 Å². The highest BCUT2D eigenvalue weighted by molar-refractivity contribution is 5.64. The summed E-state index contributed by atoms with van der Waals surface area (Å²) >= 11 is 0. The Morgan fingerprint density at radius 3 is 2.39 bits per heavy atom. The van der Waals surface area contributed by atoms with E-state index in [1.165, 1.54) is 24.0 Å². The second kappa shape index (κ2) is 7.74. The second-order valence-corrected chi connectivity index (χ2v) is 7.44. The monoisotopic (exact) mass is 310 g/mol. The molecule has 0 amide bonds. The van der Waals surface area contributed by atoms with E-state index in [1.807, 2.05) is 12.3 Å². The summed E-state index contributed by atoms with van der Waals surface area (Å²) < 4.78 is 0. The first-order chi connectivity index (χ1) is 10.9. The topological polar surface area (TPSA) is 16.1 Å². The van der Waals surface area contributed by atoms with Crippen LogP contribution in [0.3, 0.4) is 0 Å². The molecule has 0 spiro atoms. The maximum absolute atomic E-state index is 4.52. The molecule has 2 heteroatoms. The van der Waals surface area contributed by atoms with Crippen molar-refractivity contribution in [3.05, 3.63) is 54.2 Å². The Labute approximate surface area is 141 Å². The van der Waals surface area contributed by atoms with E-state index >= 15 is 0 Å². The molecule has 23 heavy (non-hydrogen) atoms. The first-order valence-electron chi connectivity index (χ1n) is 8.61. The van der Waals surface area contributed by atoms with E-state index < -0.39 is 0 Å². The highest BCUT2D eigenvalue weighted by atomic mass is 15.1. The maximum atomic E-state index is 4.52. The lowest BCUT2D eigenvalue weighted by atomic mass is 9.90. The van der Waals surface area contributed by atoms with Crippen LogP contribution in [-0.2, 0) is 0 Å². The van der Waals surface area contributed by atoms with E-state index in [9.17, 15) is 0 Å². The van der Waals surface area contributed by atoms with Crippen LogP contribution in [0, 0.1) is 0 Å². The Balaban J connectivity index is 2.05. The van der Waals surface area contributed by atoms with Crippen molar-refractivity contribution < 1.29 is 0 Å². The predicted molar refractivity (Wildman–Crippen MR) is 99.7 cm³/mol. The Bertz CT molecular complexity index is 599. The van der Waals surface area contributed by atoms with Gasteiger partial charge in [0, 0.05) is 17.3 Å². The number of nitrogens with zero attached hydrogens (tertiary/aromatic N) is 2. The van der Waals surface area contributed by atoms with Gasteiger partial charge in [0.15, 0.2) is 0 Å². The quantitative estimate of drug-likeness (QED) is 0.713. The van der Waals surface area contributed by atoms with Crippen molar-refractivity contribution in [2.24, 2.45) is 0 Å². The van der Waals surface area contributed by atoms with Crippen molar-refractivity contribution in [3.63, 3.8) is 0 Å². The van der Waals surface area contributed by atoms with Crippen LogP contribution in [0.1, 0.15) is 52.0 Å². The lowest BCUT2D eigenvalue weighted by Gasteiger charge is -2.32. The van der Waals surface area contributed by atoms with Gasteiger partial charge in [-0.25, -0.2) is 0 Å². The molecule has 1 aromatic carbocycles. The predicted octanol–water partition coefficient (Wildman–Crippen LogP) is 5.36. The number of benzene rings is 1. The fourth-order valence-electron chi connectivity index (χ4n) is 2.81. The smallest absolute Gasteiger partial charge is 0.0704 e. The van der Waals surface area contributed by atoms with Gasteiger partial charge in [0.25, 0.3) is 0 Å². The zero-order valence-corrected chi connectivity index (χ0v) is 15.2. The summed E-state index contributed by atoms with van der Waals surface area (Å²) in [5.74, 6) is 0.543. The van der Waals surface area contributed by atoms with Crippen LogP contribution in [0.5, 0.6) is 0 Å². The summed E-state index contributed by atoms with van der Waals surface area (Å²) in [5.41, 5.74) is 3.99. The van der Waals surface area contributed by atoms with E-state index in [4.69, 9.17) is 0 Å². The van der Waals surface area contributed by atoms with Gasteiger partial charge in [-0.05, 0) is 70.8 Å². The van der Waals surface area contributed by atoms with Gasteiger partial charge in [-0.1, -0.05) is 37.3 Å². The molecule has 1 heterocycles. The van der Waals surface area contributed by atoms with Gasteiger partial charge >= 0.3 is 0 Å². The number of aromatic nitrogens is 1. The first-order valence-corrected chi connectivity index (χ1v) is 8.61. The minimum Gasteiger partial charge on any atom is -0.302 e. The molecule has 2 rings (SSSR count). The van der Waals surface area contributed by atoms with Crippen molar-refractivity contribution in [1.82, 2.24) is 9.88 Å². The molecule has 0 fully saturated rings. The molecule has 0 saturated carbocycles. The lowest BCUT2D eigenvalue weighted by Crippen LogP contribution is -2.38. The maximum Gasteiger partial charge on any atom is 0.0704 e. The molecule has 0 radical (unpaired) electrons. The van der Waals surface area contributed by atoms with Crippen molar-refractivity contribution in [1.29, 1.82) is 0 Å². The standard InChI is InChI=1S/C21H30N2/c1-17(11-10-16-23(5)21(2,3)4)18-12-6-7-13-19(18)20-14-8-9-15-22-20/h6-9,12-15,17H,10-11,16H2,1-5H3. The average molecular weight is 310 g/mol. The van der Waals surface area contributed by atoms with E-state index in [-0.39, 0.29) is 5.54 Å². The average Bonchev–Trinajstić information content (AvgIpc) is 2.54. The molecule has 0 saturated heterocycles. The van der Waals surface area contributed by atoms with Crippen LogP contribution in [-0.4, -0.2) is 29.0 Å². The molecule has 0 N–H and O–H groups in total. The zero-order chi connectivity index (χ0) is 16.9. The lowest BCUT2D eigenvalue weighted by molar-refractivity contribution is 0.172. The Hall–Kier alpha value is -1.67. The van der Waals surface area contributed by atoms with Crippen molar-refractivity contribution in [3.8, 4) is 11.3 Å². The Kier molecular flexibility index (Phi) is 5.95. The molecule has 0 aliphatic carbocycles. The summed E-state index contributed by atoms with van der Waals surface area (Å²) in [7, 11) is 2.21. The van der Waals surface area contributed by atoms with E-state index in [2.05, 4.69) is 81.0 Å². The third-order valence-electron chi connectivity index (χ3n) is 4.71. The minimum atomic E-state index is 0.245. The van der Waals surface area contributed by atoms with Crippen molar-refractivity contribution >= 4 is 0 Å². The summed E-state index contributed by atoms with van der Waals surface area (Å²) in [6.45, 7) is 10.3. The third-order valence-corrected chi connectivity index (χ3v) is 4.71. The molecule has 0 aliphatic heterocycles. The highest BCUT2D eigenvalue weighted by Gasteiger charge is 2.17. The minimum absolute atomic E-state index is 0.245. The van der Waals surface area contributed by atoms with Gasteiger partial charge in [-0.2, -0.15) is 0 Å². The normalized spacial score (nSPS) is 13.3. The number of pyridine rings is 1. The van der Waals surface area contributed by atoms with Crippen LogP contribution < -0.4 is 0 Å². The Morgan fingerprint density at radius 1 is 1.04 bits per heavy atom. The third kappa shape index (κ3) is 4.90. The fourth-order valence-corrected chi connectivity index (χ4v) is 2.81. The van der Waals surface area contributed by atoms with E-state index in [0.29, 0.717) is 5.92 Å². The van der Waals surface area contributed by atoms with Gasteiger partial charge in [0.1, 0.15) is 0 Å². The second-order valence-electron chi connectivity index (χ2n) is 7.44. The van der Waals surface area contributed by atoms with Crippen LogP contribution in [0.15, 0.2) is 48.7 Å². The number of hydrogen-bond acceptors (Lipinski definition) is 2. The number of hydrogen-bond donors (Lipinski definition) is 0.